The molecular weight excluding hydrogens is 264 g/mol. The van der Waals surface area contributed by atoms with Crippen molar-refractivity contribution in [3.63, 3.8) is 0 Å². The third-order valence-electron chi connectivity index (χ3n) is 3.83. The maximum absolute atomic E-state index is 11.3. The molecule has 5 heteroatoms. The number of hydrogen-bond acceptors (Lipinski definition) is 4. The molecule has 2 heterocycles. The molecule has 1 fully saturated rings. The van der Waals surface area contributed by atoms with E-state index in [4.69, 9.17) is 5.73 Å². The summed E-state index contributed by atoms with van der Waals surface area (Å²) >= 11 is 0. The number of carbonyl (C=O) groups excluding carboxylic acids is 1. The van der Waals surface area contributed by atoms with Gasteiger partial charge in [-0.2, -0.15) is 0 Å². The summed E-state index contributed by atoms with van der Waals surface area (Å²) in [6.07, 6.45) is 5.66. The van der Waals surface area contributed by atoms with E-state index >= 15 is 0 Å². The van der Waals surface area contributed by atoms with Gasteiger partial charge in [0.15, 0.2) is 0 Å². The summed E-state index contributed by atoms with van der Waals surface area (Å²) in [6.45, 7) is 1.98. The Morgan fingerprint density at radius 2 is 2.14 bits per heavy atom. The number of rotatable bonds is 3. The highest BCUT2D eigenvalue weighted by Crippen LogP contribution is 2.29. The topological polar surface area (TPSA) is 80.9 Å². The van der Waals surface area contributed by atoms with E-state index in [-0.39, 0.29) is 0 Å². The van der Waals surface area contributed by atoms with Crippen LogP contribution in [0, 0.1) is 0 Å². The molecule has 3 rings (SSSR count). The van der Waals surface area contributed by atoms with E-state index < -0.39 is 5.91 Å². The second kappa shape index (κ2) is 6.01. The van der Waals surface area contributed by atoms with Gasteiger partial charge in [-0.1, -0.05) is 12.1 Å². The van der Waals surface area contributed by atoms with E-state index in [1.54, 1.807) is 24.5 Å². The molecule has 1 aromatic carbocycles. The van der Waals surface area contributed by atoms with Crippen LogP contribution >= 0.6 is 0 Å². The standard InChI is InChI=1S/C16H18N4O/c17-16(21)12-4-1-3-11(9-12)14-15(20-8-7-19-14)13-5-2-6-18-10-13/h1,3-4,7-9,13,18H,2,5-6,10H2,(H2,17,21)/t13-/m1/s1. The van der Waals surface area contributed by atoms with Gasteiger partial charge in [-0.3, -0.25) is 14.8 Å². The van der Waals surface area contributed by atoms with Crippen LogP contribution in [-0.4, -0.2) is 29.0 Å². The Labute approximate surface area is 123 Å². The van der Waals surface area contributed by atoms with Crippen LogP contribution in [0.4, 0.5) is 0 Å². The van der Waals surface area contributed by atoms with E-state index in [1.807, 2.05) is 12.1 Å². The normalized spacial score (nSPS) is 18.4. The molecule has 0 radical (unpaired) electrons. The first-order valence-electron chi connectivity index (χ1n) is 7.17. The fourth-order valence-electron chi connectivity index (χ4n) is 2.77. The van der Waals surface area contributed by atoms with Gasteiger partial charge in [0.25, 0.3) is 0 Å². The number of carbonyl (C=O) groups is 1. The van der Waals surface area contributed by atoms with Gasteiger partial charge in [-0.15, -0.1) is 0 Å². The Morgan fingerprint density at radius 3 is 2.90 bits per heavy atom. The summed E-state index contributed by atoms with van der Waals surface area (Å²) in [5, 5.41) is 3.40. The largest absolute Gasteiger partial charge is 0.366 e. The summed E-state index contributed by atoms with van der Waals surface area (Å²) in [5.41, 5.74) is 8.57. The smallest absolute Gasteiger partial charge is 0.248 e. The van der Waals surface area contributed by atoms with Crippen LogP contribution in [-0.2, 0) is 0 Å². The lowest BCUT2D eigenvalue weighted by molar-refractivity contribution is 0.100. The Hall–Kier alpha value is -2.27. The predicted octanol–water partition coefficient (Wildman–Crippen LogP) is 1.71. The maximum atomic E-state index is 11.3. The molecule has 1 amide bonds. The highest BCUT2D eigenvalue weighted by Gasteiger charge is 2.21. The van der Waals surface area contributed by atoms with E-state index in [1.165, 1.54) is 0 Å². The van der Waals surface area contributed by atoms with Crippen LogP contribution in [0.1, 0.15) is 34.8 Å². The number of hydrogen-bond donors (Lipinski definition) is 2. The van der Waals surface area contributed by atoms with Gasteiger partial charge in [0.2, 0.25) is 5.91 Å². The second-order valence-corrected chi connectivity index (χ2v) is 5.28. The first-order chi connectivity index (χ1) is 10.3. The monoisotopic (exact) mass is 282 g/mol. The molecule has 0 saturated carbocycles. The van der Waals surface area contributed by atoms with Crippen LogP contribution < -0.4 is 11.1 Å². The lowest BCUT2D eigenvalue weighted by atomic mass is 9.92. The fraction of sp³-hybridized carbons (Fsp3) is 0.312. The summed E-state index contributed by atoms with van der Waals surface area (Å²) in [5.74, 6) is -0.0682. The lowest BCUT2D eigenvalue weighted by Gasteiger charge is -2.23. The zero-order valence-corrected chi connectivity index (χ0v) is 11.7. The SMILES string of the molecule is NC(=O)c1cccc(-c2nccnc2[C@@H]2CCCNC2)c1. The fourth-order valence-corrected chi connectivity index (χ4v) is 2.77. The van der Waals surface area contributed by atoms with Gasteiger partial charge in [0.05, 0.1) is 11.4 Å². The molecule has 1 aliphatic heterocycles. The summed E-state index contributed by atoms with van der Waals surface area (Å²) in [4.78, 5) is 20.4. The Bertz CT molecular complexity index is 650. The third-order valence-corrected chi connectivity index (χ3v) is 3.83. The van der Waals surface area contributed by atoms with E-state index in [9.17, 15) is 4.79 Å². The molecule has 1 aromatic heterocycles. The molecule has 1 aliphatic rings. The van der Waals surface area contributed by atoms with Gasteiger partial charge >= 0.3 is 0 Å². The van der Waals surface area contributed by atoms with Gasteiger partial charge in [0, 0.05) is 36.0 Å². The quantitative estimate of drug-likeness (QED) is 0.898. The van der Waals surface area contributed by atoms with Crippen molar-refractivity contribution in [2.24, 2.45) is 5.73 Å². The first kappa shape index (κ1) is 13.7. The molecule has 0 bridgehead atoms. The molecule has 5 nitrogen and oxygen atoms in total. The number of aromatic nitrogens is 2. The molecule has 0 aliphatic carbocycles. The van der Waals surface area contributed by atoms with Gasteiger partial charge in [-0.05, 0) is 31.5 Å². The van der Waals surface area contributed by atoms with Gasteiger partial charge < -0.3 is 11.1 Å². The highest BCUT2D eigenvalue weighted by molar-refractivity contribution is 5.94. The predicted molar refractivity (Wildman–Crippen MR) is 80.8 cm³/mol. The Kier molecular flexibility index (Phi) is 3.92. The Balaban J connectivity index is 2.02. The number of nitrogens with one attached hydrogen (secondary N) is 1. The van der Waals surface area contributed by atoms with Crippen LogP contribution in [0.3, 0.4) is 0 Å². The van der Waals surface area contributed by atoms with E-state index in [0.717, 1.165) is 42.9 Å². The molecule has 2 aromatic rings. The zero-order chi connectivity index (χ0) is 14.7. The lowest BCUT2D eigenvalue weighted by Crippen LogP contribution is -2.29. The van der Waals surface area contributed by atoms with Crippen molar-refractivity contribution >= 4 is 5.91 Å². The van der Waals surface area contributed by atoms with Crippen molar-refractivity contribution in [3.05, 3.63) is 47.9 Å². The molecule has 21 heavy (non-hydrogen) atoms. The van der Waals surface area contributed by atoms with Crippen LogP contribution in [0.25, 0.3) is 11.3 Å². The van der Waals surface area contributed by atoms with E-state index in [2.05, 4.69) is 15.3 Å². The van der Waals surface area contributed by atoms with Crippen molar-refractivity contribution in [3.8, 4) is 11.3 Å². The molecule has 1 saturated heterocycles. The van der Waals surface area contributed by atoms with E-state index in [0.29, 0.717) is 11.5 Å². The van der Waals surface area contributed by atoms with Crippen molar-refractivity contribution in [2.45, 2.75) is 18.8 Å². The van der Waals surface area contributed by atoms with Crippen molar-refractivity contribution < 1.29 is 4.79 Å². The van der Waals surface area contributed by atoms with Gasteiger partial charge in [0.1, 0.15) is 0 Å². The van der Waals surface area contributed by atoms with Crippen molar-refractivity contribution in [2.75, 3.05) is 13.1 Å². The number of piperidine rings is 1. The highest BCUT2D eigenvalue weighted by atomic mass is 16.1. The molecule has 3 N–H and O–H groups in total. The first-order valence-corrected chi connectivity index (χ1v) is 7.17. The van der Waals surface area contributed by atoms with Gasteiger partial charge in [-0.25, -0.2) is 0 Å². The molecule has 0 spiro atoms. The molecule has 0 unspecified atom stereocenters. The second-order valence-electron chi connectivity index (χ2n) is 5.28. The average Bonchev–Trinajstić information content (AvgIpc) is 2.56. The molecular formula is C16H18N4O. The summed E-state index contributed by atoms with van der Waals surface area (Å²) in [6, 6.07) is 7.26. The number of amides is 1. The van der Waals surface area contributed by atoms with Crippen LogP contribution in [0.2, 0.25) is 0 Å². The number of benzene rings is 1. The number of nitrogens with two attached hydrogens (primary N) is 1. The summed E-state index contributed by atoms with van der Waals surface area (Å²) < 4.78 is 0. The van der Waals surface area contributed by atoms with Crippen molar-refractivity contribution in [1.29, 1.82) is 0 Å². The average molecular weight is 282 g/mol. The van der Waals surface area contributed by atoms with Crippen molar-refractivity contribution in [1.82, 2.24) is 15.3 Å². The minimum atomic E-state index is -0.429. The number of primary amides is 1. The van der Waals surface area contributed by atoms with Crippen LogP contribution in [0.5, 0.6) is 0 Å². The minimum absolute atomic E-state index is 0.361. The van der Waals surface area contributed by atoms with Crippen LogP contribution in [0.15, 0.2) is 36.7 Å². The molecule has 1 atom stereocenters. The molecule has 108 valence electrons. The maximum Gasteiger partial charge on any atom is 0.248 e. The number of nitrogens with zero attached hydrogens (tertiary/aromatic N) is 2. The Morgan fingerprint density at radius 1 is 1.29 bits per heavy atom. The third kappa shape index (κ3) is 2.92. The summed E-state index contributed by atoms with van der Waals surface area (Å²) in [7, 11) is 0. The zero-order valence-electron chi connectivity index (χ0n) is 11.7. The minimum Gasteiger partial charge on any atom is -0.366 e.